The summed E-state index contributed by atoms with van der Waals surface area (Å²) in [6, 6.07) is 0. The van der Waals surface area contributed by atoms with Gasteiger partial charge in [-0.05, 0) is 0 Å². The van der Waals surface area contributed by atoms with Crippen molar-refractivity contribution < 1.29 is 64.9 Å². The molecular weight excluding hydrogens is 334 g/mol. The molecule has 0 aromatic heterocycles. The molecule has 0 atom stereocenters. The lowest BCUT2D eigenvalue weighted by atomic mass is 9.96. The largest absolute Gasteiger partial charge is 0.481 e. The van der Waals surface area contributed by atoms with Crippen LogP contribution in [0.1, 0.15) is 12.8 Å². The molecule has 15 heteroatoms. The van der Waals surface area contributed by atoms with Crippen molar-refractivity contribution in [3.63, 3.8) is 0 Å². The van der Waals surface area contributed by atoms with Gasteiger partial charge in [-0.1, -0.05) is 0 Å². The molecule has 0 spiro atoms. The van der Waals surface area contributed by atoms with Gasteiger partial charge in [-0.3, -0.25) is 9.59 Å². The molecule has 0 aromatic carbocycles. The van der Waals surface area contributed by atoms with Crippen LogP contribution in [0.5, 0.6) is 0 Å². The van der Waals surface area contributed by atoms with Crippen molar-refractivity contribution in [1.29, 1.82) is 0 Å². The van der Waals surface area contributed by atoms with Crippen molar-refractivity contribution in [2.45, 2.75) is 18.4 Å². The van der Waals surface area contributed by atoms with Gasteiger partial charge in [-0.15, -0.1) is 10.1 Å². The van der Waals surface area contributed by atoms with Crippen LogP contribution in [0.2, 0.25) is 0 Å². The fraction of sp³-hybridized carbons (Fsp3) is 0.375. The van der Waals surface area contributed by atoms with Gasteiger partial charge in [0.05, 0.1) is 12.8 Å². The van der Waals surface area contributed by atoms with Gasteiger partial charge < -0.3 is 35.8 Å². The van der Waals surface area contributed by atoms with Gasteiger partial charge in [-0.2, -0.15) is 0 Å². The Balaban J connectivity index is -0.000000330. The SMILES string of the molecule is O=C(O)C(=O)O.O=C(O)CC(O)(CC(=O)O)C(=O)O.O=[N+]([O-])O. The lowest BCUT2D eigenvalue weighted by Crippen LogP contribution is -2.42. The van der Waals surface area contributed by atoms with E-state index in [1.807, 2.05) is 0 Å². The third-order valence-electron chi connectivity index (χ3n) is 1.47. The summed E-state index contributed by atoms with van der Waals surface area (Å²) in [5.74, 6) is -8.67. The maximum atomic E-state index is 10.3. The Bertz CT molecular complexity index is 449. The molecule has 0 fully saturated rings. The molecule has 7 N–H and O–H groups in total. The van der Waals surface area contributed by atoms with Gasteiger partial charge in [0.15, 0.2) is 5.60 Å². The minimum atomic E-state index is -2.74. The average molecular weight is 345 g/mol. The van der Waals surface area contributed by atoms with Crippen LogP contribution in [-0.2, 0) is 24.0 Å². The Kier molecular flexibility index (Phi) is 11.9. The van der Waals surface area contributed by atoms with Crippen LogP contribution in [0.4, 0.5) is 0 Å². The molecule has 132 valence electrons. The van der Waals surface area contributed by atoms with Gasteiger partial charge in [0, 0.05) is 0 Å². The monoisotopic (exact) mass is 345 g/mol. The van der Waals surface area contributed by atoms with Crippen molar-refractivity contribution in [2.24, 2.45) is 0 Å². The molecule has 0 rings (SSSR count). The summed E-state index contributed by atoms with van der Waals surface area (Å²) in [7, 11) is 0. The van der Waals surface area contributed by atoms with E-state index in [0.717, 1.165) is 0 Å². The Morgan fingerprint density at radius 2 is 1.04 bits per heavy atom. The highest BCUT2D eigenvalue weighted by Gasteiger charge is 2.40. The highest BCUT2D eigenvalue weighted by Crippen LogP contribution is 2.15. The molecule has 15 nitrogen and oxygen atoms in total. The standard InChI is InChI=1S/C6H8O7.C2H2O4.HNO3/c7-3(8)1-6(13,5(11)12)2-4(9)10;3-1(4)2(5)6;2-1(3)4/h13H,1-2H2,(H,7,8)(H,9,10)(H,11,12);(H,3,4)(H,5,6);(H,2,3,4). The Morgan fingerprint density at radius 3 is 1.13 bits per heavy atom. The second kappa shape index (κ2) is 11.2. The third kappa shape index (κ3) is 18.5. The van der Waals surface area contributed by atoms with Gasteiger partial charge in [-0.25, -0.2) is 14.4 Å². The fourth-order valence-corrected chi connectivity index (χ4v) is 0.714. The second-order valence-electron chi connectivity index (χ2n) is 3.33. The normalized spacial score (nSPS) is 9.09. The van der Waals surface area contributed by atoms with Crippen LogP contribution >= 0.6 is 0 Å². The minimum absolute atomic E-state index is 1.14. The Morgan fingerprint density at radius 1 is 0.826 bits per heavy atom. The predicted octanol–water partition coefficient (Wildman–Crippen LogP) is -2.44. The first kappa shape index (κ1) is 24.5. The molecule has 0 unspecified atom stereocenters. The summed E-state index contributed by atoms with van der Waals surface area (Å²) < 4.78 is 0. The maximum Gasteiger partial charge on any atom is 0.414 e. The van der Waals surface area contributed by atoms with E-state index >= 15 is 0 Å². The van der Waals surface area contributed by atoms with E-state index in [0.29, 0.717) is 0 Å². The van der Waals surface area contributed by atoms with E-state index in [2.05, 4.69) is 0 Å². The van der Waals surface area contributed by atoms with E-state index in [4.69, 9.17) is 55.5 Å². The number of hydrogen-bond donors (Lipinski definition) is 7. The second-order valence-corrected chi connectivity index (χ2v) is 3.33. The van der Waals surface area contributed by atoms with Crippen LogP contribution in [0.25, 0.3) is 0 Å². The predicted molar refractivity (Wildman–Crippen MR) is 61.1 cm³/mol. The molecule has 0 aliphatic carbocycles. The average Bonchev–Trinajstić information content (AvgIpc) is 2.25. The zero-order valence-corrected chi connectivity index (χ0v) is 10.8. The van der Waals surface area contributed by atoms with Crippen molar-refractivity contribution >= 4 is 29.8 Å². The van der Waals surface area contributed by atoms with Crippen molar-refractivity contribution in [1.82, 2.24) is 0 Å². The zero-order valence-electron chi connectivity index (χ0n) is 10.8. The van der Waals surface area contributed by atoms with E-state index in [1.54, 1.807) is 0 Å². The first-order valence-corrected chi connectivity index (χ1v) is 4.84. The molecule has 0 aliphatic heterocycles. The molecule has 0 radical (unpaired) electrons. The summed E-state index contributed by atoms with van der Waals surface area (Å²) in [4.78, 5) is 57.0. The number of carbonyl (C=O) groups is 5. The first-order valence-electron chi connectivity index (χ1n) is 4.84. The van der Waals surface area contributed by atoms with E-state index in [9.17, 15) is 14.4 Å². The van der Waals surface area contributed by atoms with Gasteiger partial charge in [0.1, 0.15) is 0 Å². The minimum Gasteiger partial charge on any atom is -0.481 e. The molecule has 0 aromatic rings. The molecule has 0 heterocycles. The summed E-state index contributed by atoms with van der Waals surface area (Å²) >= 11 is 0. The molecule has 0 saturated heterocycles. The number of hydrogen-bond acceptors (Lipinski definition) is 8. The highest BCUT2D eigenvalue weighted by molar-refractivity contribution is 6.27. The van der Waals surface area contributed by atoms with Crippen molar-refractivity contribution in [3.8, 4) is 0 Å². The van der Waals surface area contributed by atoms with Crippen LogP contribution < -0.4 is 0 Å². The van der Waals surface area contributed by atoms with Gasteiger partial charge in [0.2, 0.25) is 0 Å². The molecule has 0 saturated carbocycles. The molecule has 23 heavy (non-hydrogen) atoms. The number of aliphatic hydroxyl groups is 1. The first-order chi connectivity index (χ1) is 10.2. The summed E-state index contributed by atoms with van der Waals surface area (Å²) in [6.07, 6.45) is -2.29. The van der Waals surface area contributed by atoms with Crippen molar-refractivity contribution in [2.75, 3.05) is 0 Å². The molecule has 0 amide bonds. The fourth-order valence-electron chi connectivity index (χ4n) is 0.714. The number of aliphatic carboxylic acids is 5. The highest BCUT2D eigenvalue weighted by atomic mass is 16.9. The molecule has 0 aliphatic rings. The zero-order chi connectivity index (χ0) is 19.4. The van der Waals surface area contributed by atoms with E-state index in [1.165, 1.54) is 0 Å². The van der Waals surface area contributed by atoms with Gasteiger partial charge >= 0.3 is 29.8 Å². The maximum absolute atomic E-state index is 10.3. The molecular formula is C8H11NO14. The van der Waals surface area contributed by atoms with E-state index < -0.39 is 53.4 Å². The quantitative estimate of drug-likeness (QED) is 0.155. The van der Waals surface area contributed by atoms with Crippen LogP contribution in [0.15, 0.2) is 0 Å². The smallest absolute Gasteiger partial charge is 0.414 e. The van der Waals surface area contributed by atoms with E-state index in [-0.39, 0.29) is 0 Å². The van der Waals surface area contributed by atoms with Crippen molar-refractivity contribution in [3.05, 3.63) is 10.1 Å². The number of carboxylic acids is 5. The summed E-state index contributed by atoms with van der Waals surface area (Å²) in [6.45, 7) is 0. The number of nitrogens with zero attached hydrogens (tertiary/aromatic N) is 1. The third-order valence-corrected chi connectivity index (χ3v) is 1.47. The summed E-state index contributed by atoms with van der Waals surface area (Å²) in [5.41, 5.74) is -2.74. The number of carboxylic acid groups (broad SMARTS) is 5. The van der Waals surface area contributed by atoms with Crippen LogP contribution in [0.3, 0.4) is 0 Å². The Labute approximate surface area is 124 Å². The summed E-state index contributed by atoms with van der Waals surface area (Å²) in [5, 5.41) is 62.2. The Hall–Kier alpha value is -3.49. The topological polar surface area (TPSA) is 270 Å². The molecule has 0 bridgehead atoms. The number of rotatable bonds is 5. The van der Waals surface area contributed by atoms with Crippen LogP contribution in [-0.4, -0.2) is 76.4 Å². The van der Waals surface area contributed by atoms with Gasteiger partial charge in [0.25, 0.3) is 5.09 Å². The lowest BCUT2D eigenvalue weighted by molar-refractivity contribution is -0.742. The lowest BCUT2D eigenvalue weighted by Gasteiger charge is -2.18. The van der Waals surface area contributed by atoms with Crippen LogP contribution in [0, 0.1) is 10.1 Å².